The number of benzene rings is 2. The molecule has 2 aromatic rings. The molecule has 0 N–H and O–H groups in total. The maximum atomic E-state index is 12.3. The Labute approximate surface area is 155 Å². The third-order valence-corrected chi connectivity index (χ3v) is 4.07. The lowest BCUT2D eigenvalue weighted by molar-refractivity contribution is 0.0319. The van der Waals surface area contributed by atoms with Crippen molar-refractivity contribution in [2.45, 2.75) is 45.6 Å². The van der Waals surface area contributed by atoms with Crippen molar-refractivity contribution in [3.8, 4) is 5.75 Å². The van der Waals surface area contributed by atoms with E-state index >= 15 is 0 Å². The maximum absolute atomic E-state index is 12.3. The Kier molecular flexibility index (Phi) is 7.87. The highest BCUT2D eigenvalue weighted by molar-refractivity contribution is 6.01. The van der Waals surface area contributed by atoms with E-state index in [1.54, 1.807) is 55.5 Å². The van der Waals surface area contributed by atoms with Gasteiger partial charge in [-0.25, -0.2) is 4.79 Å². The molecule has 2 aromatic carbocycles. The van der Waals surface area contributed by atoms with Crippen molar-refractivity contribution in [1.82, 2.24) is 0 Å². The van der Waals surface area contributed by atoms with Crippen molar-refractivity contribution in [3.05, 3.63) is 65.7 Å². The molecular formula is C22H26O4. The van der Waals surface area contributed by atoms with Gasteiger partial charge < -0.3 is 9.47 Å². The van der Waals surface area contributed by atoms with Gasteiger partial charge in [0, 0.05) is 5.56 Å². The van der Waals surface area contributed by atoms with E-state index in [1.807, 2.05) is 6.07 Å². The van der Waals surface area contributed by atoms with Gasteiger partial charge in [-0.3, -0.25) is 4.79 Å². The molecule has 0 bridgehead atoms. The first-order valence-corrected chi connectivity index (χ1v) is 9.15. The van der Waals surface area contributed by atoms with Crippen LogP contribution >= 0.6 is 0 Å². The molecule has 0 aliphatic carbocycles. The molecule has 0 amide bonds. The van der Waals surface area contributed by atoms with Gasteiger partial charge in [0.15, 0.2) is 6.10 Å². The fraction of sp³-hybridized carbons (Fsp3) is 0.364. The Morgan fingerprint density at radius 2 is 1.58 bits per heavy atom. The Balaban J connectivity index is 1.84. The molecule has 4 nitrogen and oxygen atoms in total. The van der Waals surface area contributed by atoms with Gasteiger partial charge in [-0.1, -0.05) is 56.5 Å². The zero-order valence-electron chi connectivity index (χ0n) is 15.4. The first kappa shape index (κ1) is 19.7. The summed E-state index contributed by atoms with van der Waals surface area (Å²) in [6.45, 7) is 4.43. The Morgan fingerprint density at radius 1 is 0.885 bits per heavy atom. The van der Waals surface area contributed by atoms with Gasteiger partial charge in [-0.2, -0.15) is 0 Å². The molecule has 138 valence electrons. The van der Waals surface area contributed by atoms with Gasteiger partial charge in [0.25, 0.3) is 0 Å². The molecule has 4 heteroatoms. The summed E-state index contributed by atoms with van der Waals surface area (Å²) in [6.07, 6.45) is 3.76. The van der Waals surface area contributed by atoms with Crippen LogP contribution in [-0.4, -0.2) is 24.5 Å². The van der Waals surface area contributed by atoms with Gasteiger partial charge in [0.1, 0.15) is 5.75 Å². The number of rotatable bonds is 10. The van der Waals surface area contributed by atoms with E-state index < -0.39 is 12.1 Å². The molecule has 0 aliphatic heterocycles. The van der Waals surface area contributed by atoms with Crippen LogP contribution in [0.5, 0.6) is 5.75 Å². The van der Waals surface area contributed by atoms with E-state index in [9.17, 15) is 9.59 Å². The molecule has 2 rings (SSSR count). The third kappa shape index (κ3) is 6.03. The molecule has 0 saturated carbocycles. The first-order valence-electron chi connectivity index (χ1n) is 9.15. The third-order valence-electron chi connectivity index (χ3n) is 4.07. The minimum Gasteiger partial charge on any atom is -0.494 e. The van der Waals surface area contributed by atoms with Crippen LogP contribution in [0.3, 0.4) is 0 Å². The van der Waals surface area contributed by atoms with Crippen LogP contribution in [0.2, 0.25) is 0 Å². The molecule has 0 fully saturated rings. The topological polar surface area (TPSA) is 52.6 Å². The average Bonchev–Trinajstić information content (AvgIpc) is 2.68. The van der Waals surface area contributed by atoms with Crippen LogP contribution < -0.4 is 4.74 Å². The number of ketones is 1. The summed E-state index contributed by atoms with van der Waals surface area (Å²) in [6, 6.07) is 15.6. The summed E-state index contributed by atoms with van der Waals surface area (Å²) in [4.78, 5) is 24.5. The van der Waals surface area contributed by atoms with Crippen LogP contribution in [0.4, 0.5) is 0 Å². The van der Waals surface area contributed by atoms with E-state index in [4.69, 9.17) is 9.47 Å². The molecule has 26 heavy (non-hydrogen) atoms. The van der Waals surface area contributed by atoms with Crippen LogP contribution in [0, 0.1) is 0 Å². The van der Waals surface area contributed by atoms with Gasteiger partial charge >= 0.3 is 5.97 Å². The molecule has 0 heterocycles. The second-order valence-electron chi connectivity index (χ2n) is 6.21. The number of ether oxygens (including phenoxy) is 2. The summed E-state index contributed by atoms with van der Waals surface area (Å²) < 4.78 is 10.9. The summed E-state index contributed by atoms with van der Waals surface area (Å²) in [7, 11) is 0. The van der Waals surface area contributed by atoms with Crippen LogP contribution in [0.1, 0.15) is 60.2 Å². The van der Waals surface area contributed by atoms with E-state index in [0.717, 1.165) is 18.6 Å². The highest BCUT2D eigenvalue weighted by Gasteiger charge is 2.20. The second kappa shape index (κ2) is 10.4. The lowest BCUT2D eigenvalue weighted by Gasteiger charge is -2.12. The van der Waals surface area contributed by atoms with Crippen molar-refractivity contribution in [2.75, 3.05) is 6.61 Å². The SMILES string of the molecule is CCCCCCOc1ccc(C(=O)O[C@H](C)C(=O)c2ccccc2)cc1. The van der Waals surface area contributed by atoms with Crippen LogP contribution in [0.15, 0.2) is 54.6 Å². The Morgan fingerprint density at radius 3 is 2.23 bits per heavy atom. The highest BCUT2D eigenvalue weighted by atomic mass is 16.5. The molecule has 0 unspecified atom stereocenters. The smallest absolute Gasteiger partial charge is 0.338 e. The molecule has 0 radical (unpaired) electrons. The summed E-state index contributed by atoms with van der Waals surface area (Å²) in [5.74, 6) is -0.00582. The number of carbonyl (C=O) groups excluding carboxylic acids is 2. The fourth-order valence-electron chi connectivity index (χ4n) is 2.53. The molecule has 0 aliphatic rings. The summed E-state index contributed by atoms with van der Waals surface area (Å²) in [5, 5.41) is 0. The van der Waals surface area contributed by atoms with Crippen molar-refractivity contribution >= 4 is 11.8 Å². The minimum absolute atomic E-state index is 0.217. The lowest BCUT2D eigenvalue weighted by Crippen LogP contribution is -2.24. The van der Waals surface area contributed by atoms with E-state index in [2.05, 4.69) is 6.92 Å². The number of carbonyl (C=O) groups is 2. The largest absolute Gasteiger partial charge is 0.494 e. The lowest BCUT2D eigenvalue weighted by atomic mass is 10.1. The van der Waals surface area contributed by atoms with Gasteiger partial charge in [0.2, 0.25) is 5.78 Å². The predicted molar refractivity (Wildman–Crippen MR) is 102 cm³/mol. The van der Waals surface area contributed by atoms with Crippen molar-refractivity contribution < 1.29 is 19.1 Å². The molecule has 1 atom stereocenters. The molecule has 0 spiro atoms. The van der Waals surface area contributed by atoms with Gasteiger partial charge in [-0.15, -0.1) is 0 Å². The number of esters is 1. The fourth-order valence-corrected chi connectivity index (χ4v) is 2.53. The normalized spacial score (nSPS) is 11.6. The zero-order valence-corrected chi connectivity index (χ0v) is 15.4. The number of Topliss-reactive ketones (excluding diaryl/α,β-unsaturated/α-hetero) is 1. The predicted octanol–water partition coefficient (Wildman–Crippen LogP) is 5.07. The number of unbranched alkanes of at least 4 members (excludes halogenated alkanes) is 3. The zero-order chi connectivity index (χ0) is 18.8. The quantitative estimate of drug-likeness (QED) is 0.339. The van der Waals surface area contributed by atoms with Crippen molar-refractivity contribution in [2.24, 2.45) is 0 Å². The van der Waals surface area contributed by atoms with Gasteiger partial charge in [-0.05, 0) is 37.6 Å². The second-order valence-corrected chi connectivity index (χ2v) is 6.21. The van der Waals surface area contributed by atoms with Crippen molar-refractivity contribution in [3.63, 3.8) is 0 Å². The van der Waals surface area contributed by atoms with Crippen LogP contribution in [0.25, 0.3) is 0 Å². The highest BCUT2D eigenvalue weighted by Crippen LogP contribution is 2.15. The molecule has 0 aromatic heterocycles. The van der Waals surface area contributed by atoms with Gasteiger partial charge in [0.05, 0.1) is 12.2 Å². The monoisotopic (exact) mass is 354 g/mol. The Hall–Kier alpha value is -2.62. The number of hydrogen-bond donors (Lipinski definition) is 0. The van der Waals surface area contributed by atoms with Crippen LogP contribution in [-0.2, 0) is 4.74 Å². The van der Waals surface area contributed by atoms with E-state index in [1.165, 1.54) is 12.8 Å². The minimum atomic E-state index is -0.834. The maximum Gasteiger partial charge on any atom is 0.338 e. The molecular weight excluding hydrogens is 328 g/mol. The standard InChI is InChI=1S/C22H26O4/c1-3-4-5-9-16-25-20-14-12-19(13-15-20)22(24)26-17(2)21(23)18-10-7-6-8-11-18/h6-8,10-15,17H,3-5,9,16H2,1-2H3/t17-/m1/s1. The van der Waals surface area contributed by atoms with E-state index in [-0.39, 0.29) is 5.78 Å². The molecule has 0 saturated heterocycles. The average molecular weight is 354 g/mol. The Bertz CT molecular complexity index is 692. The first-order chi connectivity index (χ1) is 12.6. The summed E-state index contributed by atoms with van der Waals surface area (Å²) >= 11 is 0. The van der Waals surface area contributed by atoms with E-state index in [0.29, 0.717) is 17.7 Å². The number of hydrogen-bond acceptors (Lipinski definition) is 4. The summed E-state index contributed by atoms with van der Waals surface area (Å²) in [5.41, 5.74) is 0.927. The van der Waals surface area contributed by atoms with Crippen molar-refractivity contribution in [1.29, 1.82) is 0 Å².